The molecule has 286 valence electrons. The lowest BCUT2D eigenvalue weighted by Gasteiger charge is -2.19. The summed E-state index contributed by atoms with van der Waals surface area (Å²) >= 11 is 0. The number of hydrogen-bond acceptors (Lipinski definition) is 0. The molecule has 0 aliphatic carbocycles. The van der Waals surface area contributed by atoms with Crippen LogP contribution in [0.5, 0.6) is 0 Å². The SMILES string of the molecule is CC(C)(C)c1ccc2c(c1)c1ccc(-c3ccc4c5cc(C(C)(C)C)ccc5n(-c5ccc6c(c5)c5ccccc5n6-c5ccccc5)c4c3)cc1n2-c1ccccc1. The van der Waals surface area contributed by atoms with E-state index < -0.39 is 0 Å². The molecule has 0 aliphatic heterocycles. The molecular weight excluding hydrogens is 715 g/mol. The first kappa shape index (κ1) is 35.3. The van der Waals surface area contributed by atoms with Gasteiger partial charge >= 0.3 is 0 Å². The van der Waals surface area contributed by atoms with Crippen LogP contribution in [-0.4, -0.2) is 13.7 Å². The third-order valence-electron chi connectivity index (χ3n) is 12.5. The summed E-state index contributed by atoms with van der Waals surface area (Å²) in [6, 6.07) is 65.5. The minimum absolute atomic E-state index is 0.0288. The Bertz CT molecular complexity index is 3430. The fourth-order valence-corrected chi connectivity index (χ4v) is 9.42. The van der Waals surface area contributed by atoms with Crippen molar-refractivity contribution in [3.63, 3.8) is 0 Å². The quantitative estimate of drug-likeness (QED) is 0.170. The Morgan fingerprint density at radius 2 is 0.661 bits per heavy atom. The number of nitrogens with zero attached hydrogens (tertiary/aromatic N) is 3. The molecule has 0 N–H and O–H groups in total. The first-order valence-electron chi connectivity index (χ1n) is 20.9. The summed E-state index contributed by atoms with van der Waals surface area (Å²) < 4.78 is 7.32. The fraction of sp³-hybridized carbons (Fsp3) is 0.143. The van der Waals surface area contributed by atoms with Crippen molar-refractivity contribution in [2.45, 2.75) is 52.4 Å². The predicted molar refractivity (Wildman–Crippen MR) is 252 cm³/mol. The van der Waals surface area contributed by atoms with Gasteiger partial charge in [0.15, 0.2) is 0 Å². The van der Waals surface area contributed by atoms with Gasteiger partial charge in [-0.15, -0.1) is 0 Å². The van der Waals surface area contributed by atoms with Gasteiger partial charge in [0.05, 0.1) is 33.1 Å². The van der Waals surface area contributed by atoms with Crippen molar-refractivity contribution >= 4 is 65.4 Å². The van der Waals surface area contributed by atoms with Crippen molar-refractivity contribution in [1.82, 2.24) is 13.7 Å². The highest BCUT2D eigenvalue weighted by Gasteiger charge is 2.22. The lowest BCUT2D eigenvalue weighted by molar-refractivity contribution is 0.591. The summed E-state index contributed by atoms with van der Waals surface area (Å²) in [5.74, 6) is 0. The highest BCUT2D eigenvalue weighted by molar-refractivity contribution is 6.14. The van der Waals surface area contributed by atoms with Crippen molar-refractivity contribution in [3.8, 4) is 28.2 Å². The molecular formula is C56H47N3. The summed E-state index contributed by atoms with van der Waals surface area (Å²) in [5.41, 5.74) is 15.9. The van der Waals surface area contributed by atoms with Gasteiger partial charge in [-0.25, -0.2) is 0 Å². The van der Waals surface area contributed by atoms with E-state index in [0.29, 0.717) is 0 Å². The van der Waals surface area contributed by atoms with Gasteiger partial charge in [-0.3, -0.25) is 0 Å². The monoisotopic (exact) mass is 761 g/mol. The standard InChI is InChI=1S/C56H47N3/c1-55(2,3)38-23-28-50-46(33-38)44-26-21-36(31-53(44)58(50)41-17-11-8-12-18-41)37-22-27-45-47-34-39(56(4,5)6)24-29-51(47)59(54(45)32-37)42-25-30-52-48(35-42)43-19-13-14-20-49(43)57(52)40-15-9-7-10-16-40/h7-35H,1-6H3. The second-order valence-electron chi connectivity index (χ2n) is 18.3. The molecule has 0 aliphatic rings. The average Bonchev–Trinajstić information content (AvgIpc) is 3.88. The second-order valence-corrected chi connectivity index (χ2v) is 18.3. The van der Waals surface area contributed by atoms with E-state index in [-0.39, 0.29) is 10.8 Å². The highest BCUT2D eigenvalue weighted by atomic mass is 15.0. The lowest BCUT2D eigenvalue weighted by Crippen LogP contribution is -2.10. The molecule has 0 saturated heterocycles. The lowest BCUT2D eigenvalue weighted by atomic mass is 9.86. The Morgan fingerprint density at radius 3 is 1.17 bits per heavy atom. The van der Waals surface area contributed by atoms with Crippen molar-refractivity contribution in [1.29, 1.82) is 0 Å². The molecule has 3 aromatic heterocycles. The van der Waals surface area contributed by atoms with Gasteiger partial charge in [-0.2, -0.15) is 0 Å². The largest absolute Gasteiger partial charge is 0.309 e. The van der Waals surface area contributed by atoms with E-state index in [4.69, 9.17) is 0 Å². The third-order valence-corrected chi connectivity index (χ3v) is 12.5. The van der Waals surface area contributed by atoms with Gasteiger partial charge in [0.1, 0.15) is 0 Å². The van der Waals surface area contributed by atoms with E-state index in [1.165, 1.54) is 99.0 Å². The van der Waals surface area contributed by atoms with E-state index in [1.54, 1.807) is 0 Å². The number of fused-ring (bicyclic) bond motifs is 9. The van der Waals surface area contributed by atoms with E-state index in [1.807, 2.05) is 0 Å². The molecule has 0 saturated carbocycles. The zero-order chi connectivity index (χ0) is 40.2. The minimum Gasteiger partial charge on any atom is -0.309 e. The Kier molecular flexibility index (Phi) is 7.68. The molecule has 0 radical (unpaired) electrons. The Hall–Kier alpha value is -6.84. The van der Waals surface area contributed by atoms with Crippen LogP contribution in [-0.2, 0) is 10.8 Å². The molecule has 8 aromatic carbocycles. The summed E-state index contributed by atoms with van der Waals surface area (Å²) in [5, 5.41) is 7.59. The van der Waals surface area contributed by atoms with Gasteiger partial charge in [0, 0.05) is 49.4 Å². The molecule has 0 fully saturated rings. The summed E-state index contributed by atoms with van der Waals surface area (Å²) in [6.45, 7) is 13.8. The van der Waals surface area contributed by atoms with E-state index in [2.05, 4.69) is 231 Å². The summed E-state index contributed by atoms with van der Waals surface area (Å²) in [7, 11) is 0. The van der Waals surface area contributed by atoms with Crippen molar-refractivity contribution in [2.75, 3.05) is 0 Å². The molecule has 11 aromatic rings. The minimum atomic E-state index is 0.0288. The van der Waals surface area contributed by atoms with Crippen LogP contribution < -0.4 is 0 Å². The number of para-hydroxylation sites is 3. The van der Waals surface area contributed by atoms with Gasteiger partial charge in [-0.05, 0) is 118 Å². The number of rotatable bonds is 4. The molecule has 0 bridgehead atoms. The predicted octanol–water partition coefficient (Wildman–Crippen LogP) is 15.2. The Morgan fingerprint density at radius 1 is 0.271 bits per heavy atom. The normalized spacial score (nSPS) is 12.6. The summed E-state index contributed by atoms with van der Waals surface area (Å²) in [4.78, 5) is 0. The molecule has 59 heavy (non-hydrogen) atoms. The Balaban J connectivity index is 1.16. The third kappa shape index (κ3) is 5.56. The smallest absolute Gasteiger partial charge is 0.0547 e. The van der Waals surface area contributed by atoms with Gasteiger partial charge in [0.2, 0.25) is 0 Å². The van der Waals surface area contributed by atoms with Crippen molar-refractivity contribution in [3.05, 3.63) is 187 Å². The van der Waals surface area contributed by atoms with Crippen LogP contribution in [0.25, 0.3) is 93.6 Å². The summed E-state index contributed by atoms with van der Waals surface area (Å²) in [6.07, 6.45) is 0. The molecule has 11 rings (SSSR count). The van der Waals surface area contributed by atoms with Crippen molar-refractivity contribution < 1.29 is 0 Å². The molecule has 3 heterocycles. The van der Waals surface area contributed by atoms with Gasteiger partial charge in [0.25, 0.3) is 0 Å². The molecule has 0 atom stereocenters. The highest BCUT2D eigenvalue weighted by Crippen LogP contribution is 2.41. The van der Waals surface area contributed by atoms with Crippen LogP contribution in [0.4, 0.5) is 0 Å². The number of hydrogen-bond donors (Lipinski definition) is 0. The molecule has 3 nitrogen and oxygen atoms in total. The van der Waals surface area contributed by atoms with Gasteiger partial charge in [-0.1, -0.05) is 133 Å². The van der Waals surface area contributed by atoms with E-state index >= 15 is 0 Å². The van der Waals surface area contributed by atoms with Crippen molar-refractivity contribution in [2.24, 2.45) is 0 Å². The Labute approximate surface area is 345 Å². The molecule has 0 spiro atoms. The molecule has 0 amide bonds. The van der Waals surface area contributed by atoms with E-state index in [0.717, 1.165) is 5.69 Å². The number of aromatic nitrogens is 3. The first-order chi connectivity index (χ1) is 28.5. The van der Waals surface area contributed by atoms with E-state index in [9.17, 15) is 0 Å². The van der Waals surface area contributed by atoms with Gasteiger partial charge < -0.3 is 13.7 Å². The zero-order valence-electron chi connectivity index (χ0n) is 34.6. The zero-order valence-corrected chi connectivity index (χ0v) is 34.6. The number of benzene rings is 8. The van der Waals surface area contributed by atoms with Crippen LogP contribution in [0.1, 0.15) is 52.7 Å². The molecule has 3 heteroatoms. The second kappa shape index (κ2) is 12.8. The fourth-order valence-electron chi connectivity index (χ4n) is 9.42. The van der Waals surface area contributed by atoms with Crippen LogP contribution in [0.15, 0.2) is 176 Å². The van der Waals surface area contributed by atoms with Crippen LogP contribution in [0.3, 0.4) is 0 Å². The molecule has 0 unspecified atom stereocenters. The first-order valence-corrected chi connectivity index (χ1v) is 20.9. The maximum atomic E-state index is 2.49. The topological polar surface area (TPSA) is 14.8 Å². The van der Waals surface area contributed by atoms with Crippen LogP contribution >= 0.6 is 0 Å². The maximum absolute atomic E-state index is 2.49. The average molecular weight is 762 g/mol. The van der Waals surface area contributed by atoms with Crippen LogP contribution in [0.2, 0.25) is 0 Å². The van der Waals surface area contributed by atoms with Crippen LogP contribution in [0, 0.1) is 0 Å². The maximum Gasteiger partial charge on any atom is 0.0547 e.